The van der Waals surface area contributed by atoms with Crippen LogP contribution in [0.4, 0.5) is 4.79 Å². The third kappa shape index (κ3) is 3.82. The second-order valence-electron chi connectivity index (χ2n) is 8.13. The number of amides is 1. The molecule has 0 N–H and O–H groups in total. The molecule has 3 nitrogen and oxygen atoms in total. The lowest BCUT2D eigenvalue weighted by Crippen LogP contribution is -2.49. The molecule has 0 bridgehead atoms. The van der Waals surface area contributed by atoms with Gasteiger partial charge in [0, 0.05) is 18.1 Å². The van der Waals surface area contributed by atoms with Crippen molar-refractivity contribution in [3.63, 3.8) is 0 Å². The average molecular weight is 336 g/mol. The van der Waals surface area contributed by atoms with Crippen LogP contribution in [0, 0.1) is 5.41 Å². The minimum atomic E-state index is -0.416. The third-order valence-electron chi connectivity index (χ3n) is 5.15. The average Bonchev–Trinajstić information content (AvgIpc) is 2.43. The largest absolute Gasteiger partial charge is 0.444 e. The molecule has 23 heavy (non-hydrogen) atoms. The van der Waals surface area contributed by atoms with Crippen LogP contribution in [0.25, 0.3) is 0 Å². The number of nitrogens with zero attached hydrogens (tertiary/aromatic N) is 1. The van der Waals surface area contributed by atoms with E-state index >= 15 is 0 Å². The van der Waals surface area contributed by atoms with E-state index in [1.165, 1.54) is 18.4 Å². The molecule has 1 aromatic rings. The number of carbonyl (C=O) groups excluding carboxylic acids is 1. The van der Waals surface area contributed by atoms with Crippen molar-refractivity contribution in [2.24, 2.45) is 5.41 Å². The molecular weight excluding hydrogens is 310 g/mol. The van der Waals surface area contributed by atoms with Gasteiger partial charge >= 0.3 is 6.09 Å². The van der Waals surface area contributed by atoms with Gasteiger partial charge in [0.25, 0.3) is 0 Å². The van der Waals surface area contributed by atoms with E-state index in [-0.39, 0.29) is 6.09 Å². The standard InChI is InChI=1S/C19H26ClNO2/c1-18(2,3)23-17(22)21-9-7-19(8-10-21)12-15(13-19)14-5-4-6-16(20)11-14/h4-6,11,15H,7-10,12-13H2,1-3H3. The predicted octanol–water partition coefficient (Wildman–Crippen LogP) is 5.23. The lowest BCUT2D eigenvalue weighted by molar-refractivity contribution is -0.0121. The van der Waals surface area contributed by atoms with Gasteiger partial charge in [0.1, 0.15) is 5.60 Å². The third-order valence-corrected chi connectivity index (χ3v) is 5.39. The Hall–Kier alpha value is -1.22. The zero-order chi connectivity index (χ0) is 16.7. The zero-order valence-electron chi connectivity index (χ0n) is 14.3. The minimum absolute atomic E-state index is 0.168. The highest BCUT2D eigenvalue weighted by Crippen LogP contribution is 2.56. The van der Waals surface area contributed by atoms with E-state index in [2.05, 4.69) is 12.1 Å². The van der Waals surface area contributed by atoms with Crippen LogP contribution in [-0.4, -0.2) is 29.7 Å². The van der Waals surface area contributed by atoms with E-state index < -0.39 is 5.60 Å². The summed E-state index contributed by atoms with van der Waals surface area (Å²) in [5.74, 6) is 0.627. The summed E-state index contributed by atoms with van der Waals surface area (Å²) in [6, 6.07) is 8.24. The number of hydrogen-bond acceptors (Lipinski definition) is 2. The second-order valence-corrected chi connectivity index (χ2v) is 8.56. The summed E-state index contributed by atoms with van der Waals surface area (Å²) in [5.41, 5.74) is 1.36. The molecule has 1 aliphatic carbocycles. The van der Waals surface area contributed by atoms with Gasteiger partial charge in [0.05, 0.1) is 0 Å². The topological polar surface area (TPSA) is 29.5 Å². The van der Waals surface area contributed by atoms with Crippen molar-refractivity contribution >= 4 is 17.7 Å². The molecule has 1 heterocycles. The Bertz CT molecular complexity index is 577. The number of hydrogen-bond donors (Lipinski definition) is 0. The molecular formula is C19H26ClNO2. The van der Waals surface area contributed by atoms with Crippen LogP contribution in [0.5, 0.6) is 0 Å². The lowest BCUT2D eigenvalue weighted by atomic mass is 9.56. The molecule has 2 aliphatic rings. The Morgan fingerprint density at radius 1 is 1.26 bits per heavy atom. The number of rotatable bonds is 1. The summed E-state index contributed by atoms with van der Waals surface area (Å²) in [6.07, 6.45) is 4.44. The number of piperidine rings is 1. The van der Waals surface area contributed by atoms with Gasteiger partial charge < -0.3 is 9.64 Å². The van der Waals surface area contributed by atoms with Crippen molar-refractivity contribution < 1.29 is 9.53 Å². The molecule has 0 aromatic heterocycles. The van der Waals surface area contributed by atoms with Crippen molar-refractivity contribution in [2.75, 3.05) is 13.1 Å². The first-order chi connectivity index (χ1) is 10.8. The molecule has 3 rings (SSSR count). The Morgan fingerprint density at radius 2 is 1.91 bits per heavy atom. The molecule has 2 fully saturated rings. The highest BCUT2D eigenvalue weighted by atomic mass is 35.5. The van der Waals surface area contributed by atoms with Gasteiger partial charge in [0.2, 0.25) is 0 Å². The maximum absolute atomic E-state index is 12.1. The fourth-order valence-corrected chi connectivity index (χ4v) is 4.08. The molecule has 126 valence electrons. The lowest BCUT2D eigenvalue weighted by Gasteiger charge is -2.52. The van der Waals surface area contributed by atoms with Crippen LogP contribution >= 0.6 is 11.6 Å². The van der Waals surface area contributed by atoms with Crippen molar-refractivity contribution in [3.05, 3.63) is 34.9 Å². The number of ether oxygens (including phenoxy) is 1. The quantitative estimate of drug-likeness (QED) is 0.702. The smallest absolute Gasteiger partial charge is 0.410 e. The molecule has 1 saturated carbocycles. The molecule has 1 amide bonds. The summed E-state index contributed by atoms with van der Waals surface area (Å²) in [6.45, 7) is 7.38. The number of carbonyl (C=O) groups is 1. The van der Waals surface area contributed by atoms with Crippen LogP contribution in [-0.2, 0) is 4.74 Å². The fraction of sp³-hybridized carbons (Fsp3) is 0.632. The first kappa shape index (κ1) is 16.6. The van der Waals surface area contributed by atoms with E-state index in [1.54, 1.807) is 0 Å². The first-order valence-electron chi connectivity index (χ1n) is 8.50. The van der Waals surface area contributed by atoms with E-state index in [4.69, 9.17) is 16.3 Å². The number of halogens is 1. The second kappa shape index (κ2) is 6.01. The zero-order valence-corrected chi connectivity index (χ0v) is 15.0. The summed E-state index contributed by atoms with van der Waals surface area (Å²) in [4.78, 5) is 14.0. The molecule has 4 heteroatoms. The van der Waals surface area contributed by atoms with Crippen molar-refractivity contribution in [2.45, 2.75) is 58.0 Å². The molecule has 0 unspecified atom stereocenters. The summed E-state index contributed by atoms with van der Waals surface area (Å²) in [5, 5.41) is 0.822. The van der Waals surface area contributed by atoms with Gasteiger partial charge in [-0.1, -0.05) is 23.7 Å². The summed E-state index contributed by atoms with van der Waals surface area (Å²) >= 11 is 6.10. The minimum Gasteiger partial charge on any atom is -0.444 e. The molecule has 1 spiro atoms. The monoisotopic (exact) mass is 335 g/mol. The van der Waals surface area contributed by atoms with Gasteiger partial charge in [-0.15, -0.1) is 0 Å². The number of benzene rings is 1. The van der Waals surface area contributed by atoms with Crippen LogP contribution in [0.1, 0.15) is 57.9 Å². The molecule has 1 aliphatic heterocycles. The van der Waals surface area contributed by atoms with Crippen molar-refractivity contribution in [1.82, 2.24) is 4.90 Å². The van der Waals surface area contributed by atoms with E-state index in [0.29, 0.717) is 11.3 Å². The van der Waals surface area contributed by atoms with Crippen LogP contribution in [0.2, 0.25) is 5.02 Å². The van der Waals surface area contributed by atoms with E-state index in [9.17, 15) is 4.79 Å². The Morgan fingerprint density at radius 3 is 2.48 bits per heavy atom. The van der Waals surface area contributed by atoms with Crippen LogP contribution < -0.4 is 0 Å². The Labute approximate surface area is 144 Å². The summed E-state index contributed by atoms with van der Waals surface area (Å²) in [7, 11) is 0. The van der Waals surface area contributed by atoms with Gasteiger partial charge in [-0.05, 0) is 75.5 Å². The molecule has 1 saturated heterocycles. The van der Waals surface area contributed by atoms with Gasteiger partial charge in [-0.25, -0.2) is 4.79 Å². The maximum atomic E-state index is 12.1. The van der Waals surface area contributed by atoms with Crippen LogP contribution in [0.15, 0.2) is 24.3 Å². The number of likely N-dealkylation sites (tertiary alicyclic amines) is 1. The molecule has 0 atom stereocenters. The highest BCUT2D eigenvalue weighted by molar-refractivity contribution is 6.30. The Kier molecular flexibility index (Phi) is 4.35. The van der Waals surface area contributed by atoms with E-state index in [0.717, 1.165) is 31.0 Å². The molecule has 0 radical (unpaired) electrons. The fourth-order valence-electron chi connectivity index (χ4n) is 3.88. The molecule has 1 aromatic carbocycles. The maximum Gasteiger partial charge on any atom is 0.410 e. The van der Waals surface area contributed by atoms with Gasteiger partial charge in [0.15, 0.2) is 0 Å². The summed E-state index contributed by atoms with van der Waals surface area (Å²) < 4.78 is 5.47. The SMILES string of the molecule is CC(C)(C)OC(=O)N1CCC2(CC1)CC(c1cccc(Cl)c1)C2. The highest BCUT2D eigenvalue weighted by Gasteiger charge is 2.47. The Balaban J connectivity index is 1.52. The van der Waals surface area contributed by atoms with E-state index in [1.807, 2.05) is 37.8 Å². The van der Waals surface area contributed by atoms with Crippen LogP contribution in [0.3, 0.4) is 0 Å². The predicted molar refractivity (Wildman–Crippen MR) is 92.9 cm³/mol. The van der Waals surface area contributed by atoms with Gasteiger partial charge in [-0.3, -0.25) is 0 Å². The van der Waals surface area contributed by atoms with Crippen molar-refractivity contribution in [3.8, 4) is 0 Å². The normalized spacial score (nSPS) is 21.1. The first-order valence-corrected chi connectivity index (χ1v) is 8.88. The van der Waals surface area contributed by atoms with Crippen molar-refractivity contribution in [1.29, 1.82) is 0 Å². The van der Waals surface area contributed by atoms with Gasteiger partial charge in [-0.2, -0.15) is 0 Å².